The third-order valence-corrected chi connectivity index (χ3v) is 3.05. The first-order valence-corrected chi connectivity index (χ1v) is 5.54. The van der Waals surface area contributed by atoms with Crippen molar-refractivity contribution in [2.75, 3.05) is 27.3 Å². The largest absolute Gasteiger partial charge is 0.493 e. The maximum Gasteiger partial charge on any atom is 0.408 e. The first-order valence-electron chi connectivity index (χ1n) is 5.54. The van der Waals surface area contributed by atoms with E-state index in [9.17, 15) is 4.79 Å². The zero-order valence-electron chi connectivity index (χ0n) is 10.4. The molecule has 1 fully saturated rings. The Morgan fingerprint density at radius 3 is 2.61 bits per heavy atom. The van der Waals surface area contributed by atoms with Crippen LogP contribution >= 0.6 is 0 Å². The van der Waals surface area contributed by atoms with Gasteiger partial charge in [-0.2, -0.15) is 0 Å². The van der Waals surface area contributed by atoms with Gasteiger partial charge in [0.1, 0.15) is 0 Å². The Morgan fingerprint density at radius 1 is 1.39 bits per heavy atom. The van der Waals surface area contributed by atoms with E-state index in [0.29, 0.717) is 18.0 Å². The van der Waals surface area contributed by atoms with Gasteiger partial charge in [0.15, 0.2) is 17.1 Å². The molecule has 0 aliphatic carbocycles. The molecule has 0 aromatic heterocycles. The van der Waals surface area contributed by atoms with E-state index in [1.807, 2.05) is 6.07 Å². The standard InChI is InChI=1S/C12H16N2O4/c1-16-9-4-3-8(5-10(9)17-2)12(6-13)7-14-11(15)18-12/h3-5H,6-7,13H2,1-2H3,(H,14,15). The molecule has 3 N–H and O–H groups in total. The lowest BCUT2D eigenvalue weighted by molar-refractivity contribution is 0.0615. The molecule has 18 heavy (non-hydrogen) atoms. The molecule has 0 radical (unpaired) electrons. The molecule has 0 bridgehead atoms. The number of nitrogens with one attached hydrogen (secondary N) is 1. The number of hydrogen-bond acceptors (Lipinski definition) is 5. The van der Waals surface area contributed by atoms with Gasteiger partial charge in [0.2, 0.25) is 0 Å². The second kappa shape index (κ2) is 4.73. The van der Waals surface area contributed by atoms with Gasteiger partial charge in [0.05, 0.1) is 20.8 Å². The fourth-order valence-corrected chi connectivity index (χ4v) is 1.98. The molecule has 0 saturated carbocycles. The lowest BCUT2D eigenvalue weighted by Crippen LogP contribution is -2.38. The normalized spacial score (nSPS) is 22.3. The quantitative estimate of drug-likeness (QED) is 0.819. The Kier molecular flexibility index (Phi) is 3.29. The van der Waals surface area contributed by atoms with Crippen LogP contribution in [0.5, 0.6) is 11.5 Å². The molecule has 1 unspecified atom stereocenters. The molecular formula is C12H16N2O4. The molecule has 1 heterocycles. The summed E-state index contributed by atoms with van der Waals surface area (Å²) in [6.45, 7) is 0.541. The summed E-state index contributed by atoms with van der Waals surface area (Å²) in [6.07, 6.45) is -0.463. The minimum Gasteiger partial charge on any atom is -0.493 e. The van der Waals surface area contributed by atoms with Crippen molar-refractivity contribution < 1.29 is 19.0 Å². The fraction of sp³-hybridized carbons (Fsp3) is 0.417. The topological polar surface area (TPSA) is 82.8 Å². The van der Waals surface area contributed by atoms with Gasteiger partial charge in [0.25, 0.3) is 0 Å². The zero-order chi connectivity index (χ0) is 13.2. The van der Waals surface area contributed by atoms with E-state index in [4.69, 9.17) is 19.9 Å². The third-order valence-electron chi connectivity index (χ3n) is 3.05. The van der Waals surface area contributed by atoms with Crippen LogP contribution in [0.3, 0.4) is 0 Å². The summed E-state index contributed by atoms with van der Waals surface area (Å²) in [5.74, 6) is 1.19. The summed E-state index contributed by atoms with van der Waals surface area (Å²) in [5.41, 5.74) is 5.68. The molecule has 1 saturated heterocycles. The van der Waals surface area contributed by atoms with Crippen molar-refractivity contribution in [1.82, 2.24) is 5.32 Å². The number of cyclic esters (lactones) is 1. The molecule has 6 nitrogen and oxygen atoms in total. The maximum atomic E-state index is 11.2. The van der Waals surface area contributed by atoms with Crippen LogP contribution in [-0.2, 0) is 10.3 Å². The lowest BCUT2D eigenvalue weighted by Gasteiger charge is -2.25. The number of alkyl carbamates (subject to hydrolysis) is 1. The lowest BCUT2D eigenvalue weighted by atomic mass is 9.94. The van der Waals surface area contributed by atoms with Gasteiger partial charge in [-0.25, -0.2) is 4.79 Å². The van der Waals surface area contributed by atoms with E-state index >= 15 is 0 Å². The minimum atomic E-state index is -0.837. The highest BCUT2D eigenvalue weighted by atomic mass is 16.6. The highest BCUT2D eigenvalue weighted by Gasteiger charge is 2.41. The summed E-state index contributed by atoms with van der Waals surface area (Å²) < 4.78 is 15.7. The monoisotopic (exact) mass is 252 g/mol. The second-order valence-corrected chi connectivity index (χ2v) is 4.01. The summed E-state index contributed by atoms with van der Waals surface area (Å²) in [7, 11) is 3.11. The zero-order valence-corrected chi connectivity index (χ0v) is 10.4. The number of amides is 1. The molecule has 6 heteroatoms. The molecule has 2 rings (SSSR count). The summed E-state index contributed by atoms with van der Waals surface area (Å²) in [6, 6.07) is 5.35. The predicted molar refractivity (Wildman–Crippen MR) is 64.8 cm³/mol. The van der Waals surface area contributed by atoms with Crippen LogP contribution in [0.2, 0.25) is 0 Å². The van der Waals surface area contributed by atoms with Crippen molar-refractivity contribution in [2.45, 2.75) is 5.60 Å². The third kappa shape index (κ3) is 1.95. The number of methoxy groups -OCH3 is 2. The highest BCUT2D eigenvalue weighted by molar-refractivity contribution is 5.71. The Labute approximate surface area is 105 Å². The Balaban J connectivity index is 2.40. The van der Waals surface area contributed by atoms with E-state index in [0.717, 1.165) is 5.56 Å². The van der Waals surface area contributed by atoms with Gasteiger partial charge in [-0.15, -0.1) is 0 Å². The van der Waals surface area contributed by atoms with E-state index in [1.54, 1.807) is 26.4 Å². The van der Waals surface area contributed by atoms with Crippen LogP contribution < -0.4 is 20.5 Å². The second-order valence-electron chi connectivity index (χ2n) is 4.01. The summed E-state index contributed by atoms with van der Waals surface area (Å²) in [5, 5.41) is 2.61. The number of carbonyl (C=O) groups is 1. The summed E-state index contributed by atoms with van der Waals surface area (Å²) >= 11 is 0. The highest BCUT2D eigenvalue weighted by Crippen LogP contribution is 2.35. The average Bonchev–Trinajstić information content (AvgIpc) is 2.80. The van der Waals surface area contributed by atoms with Crippen LogP contribution in [0.25, 0.3) is 0 Å². The molecule has 1 atom stereocenters. The molecular weight excluding hydrogens is 236 g/mol. The van der Waals surface area contributed by atoms with Crippen molar-refractivity contribution >= 4 is 6.09 Å². The molecule has 1 aromatic rings. The van der Waals surface area contributed by atoms with E-state index in [-0.39, 0.29) is 6.54 Å². The number of hydrogen-bond donors (Lipinski definition) is 2. The van der Waals surface area contributed by atoms with Crippen molar-refractivity contribution in [3.05, 3.63) is 23.8 Å². The molecule has 0 spiro atoms. The van der Waals surface area contributed by atoms with Gasteiger partial charge in [0, 0.05) is 12.1 Å². The number of carbonyl (C=O) groups excluding carboxylic acids is 1. The van der Waals surface area contributed by atoms with Crippen LogP contribution in [0.4, 0.5) is 4.79 Å². The van der Waals surface area contributed by atoms with Crippen molar-refractivity contribution in [3.63, 3.8) is 0 Å². The van der Waals surface area contributed by atoms with Crippen molar-refractivity contribution in [2.24, 2.45) is 5.73 Å². The van der Waals surface area contributed by atoms with E-state index in [1.165, 1.54) is 0 Å². The molecule has 1 aliphatic rings. The number of benzene rings is 1. The number of nitrogens with two attached hydrogens (primary N) is 1. The van der Waals surface area contributed by atoms with Gasteiger partial charge in [-0.3, -0.25) is 0 Å². The maximum absolute atomic E-state index is 11.2. The van der Waals surface area contributed by atoms with E-state index in [2.05, 4.69) is 5.32 Å². The smallest absolute Gasteiger partial charge is 0.408 e. The summed E-state index contributed by atoms with van der Waals surface area (Å²) in [4.78, 5) is 11.2. The number of rotatable bonds is 4. The average molecular weight is 252 g/mol. The number of ether oxygens (including phenoxy) is 3. The Morgan fingerprint density at radius 2 is 2.11 bits per heavy atom. The molecule has 98 valence electrons. The Bertz CT molecular complexity index is 463. The van der Waals surface area contributed by atoms with Crippen molar-refractivity contribution in [1.29, 1.82) is 0 Å². The van der Waals surface area contributed by atoms with Gasteiger partial charge < -0.3 is 25.3 Å². The van der Waals surface area contributed by atoms with Gasteiger partial charge in [-0.1, -0.05) is 6.07 Å². The van der Waals surface area contributed by atoms with Crippen LogP contribution in [0.15, 0.2) is 18.2 Å². The SMILES string of the molecule is COc1ccc(C2(CN)CNC(=O)O2)cc1OC. The van der Waals surface area contributed by atoms with E-state index < -0.39 is 11.7 Å². The van der Waals surface area contributed by atoms with Crippen LogP contribution in [0, 0.1) is 0 Å². The van der Waals surface area contributed by atoms with Gasteiger partial charge in [-0.05, 0) is 12.1 Å². The fourth-order valence-electron chi connectivity index (χ4n) is 1.98. The molecule has 1 aromatic carbocycles. The first-order chi connectivity index (χ1) is 8.65. The van der Waals surface area contributed by atoms with Crippen molar-refractivity contribution in [3.8, 4) is 11.5 Å². The van der Waals surface area contributed by atoms with Crippen LogP contribution in [0.1, 0.15) is 5.56 Å². The first kappa shape index (κ1) is 12.5. The van der Waals surface area contributed by atoms with Gasteiger partial charge >= 0.3 is 6.09 Å². The molecule has 1 aliphatic heterocycles. The predicted octanol–water partition coefficient (Wildman–Crippen LogP) is 0.598. The minimum absolute atomic E-state index is 0.196. The Hall–Kier alpha value is -1.95. The molecule has 1 amide bonds. The van der Waals surface area contributed by atoms with Crippen LogP contribution in [-0.4, -0.2) is 33.4 Å².